The molecule has 4 N–H and O–H groups in total. The Bertz CT molecular complexity index is 368. The fraction of sp³-hybridized carbons (Fsp3) is 0.900. The molecule has 0 aromatic carbocycles. The van der Waals surface area contributed by atoms with Gasteiger partial charge in [0, 0.05) is 30.6 Å². The second kappa shape index (κ2) is 10.3. The van der Waals surface area contributed by atoms with Crippen LogP contribution in [0, 0.1) is 0 Å². The van der Waals surface area contributed by atoms with Gasteiger partial charge in [-0.2, -0.15) is 0 Å². The molecule has 0 aliphatic carbocycles. The van der Waals surface area contributed by atoms with Crippen LogP contribution < -0.4 is 15.5 Å². The highest BCUT2D eigenvalue weighted by Crippen LogP contribution is 2.37. The minimum atomic E-state index is -3.17. The Balaban J connectivity index is 2.32. The van der Waals surface area contributed by atoms with Gasteiger partial charge in [0.15, 0.2) is 0 Å². The van der Waals surface area contributed by atoms with Crippen LogP contribution in [0.2, 0.25) is 0 Å². The summed E-state index contributed by atoms with van der Waals surface area (Å²) in [6.45, 7) is 0.941. The van der Waals surface area contributed by atoms with Gasteiger partial charge >= 0.3 is 13.6 Å². The minimum Gasteiger partial charge on any atom is -0.480 e. The van der Waals surface area contributed by atoms with Crippen molar-refractivity contribution in [1.29, 1.82) is 0 Å². The third-order valence-corrected chi connectivity index (χ3v) is 6.14. The summed E-state index contributed by atoms with van der Waals surface area (Å²) in [6.07, 6.45) is 0.559. The van der Waals surface area contributed by atoms with Crippen LogP contribution in [0.5, 0.6) is 0 Å². The van der Waals surface area contributed by atoms with Gasteiger partial charge in [-0.3, -0.25) is 14.7 Å². The lowest BCUT2D eigenvalue weighted by Gasteiger charge is -2.20. The largest absolute Gasteiger partial charge is 0.480 e. The number of carboxylic acid groups (broad SMARTS) is 1. The van der Waals surface area contributed by atoms with Gasteiger partial charge in [0.1, 0.15) is 6.04 Å². The second-order valence-electron chi connectivity index (χ2n) is 4.25. The number of rotatable bonds is 11. The molecule has 21 heavy (non-hydrogen) atoms. The first kappa shape index (κ1) is 19.5. The Labute approximate surface area is 138 Å². The number of nitrogens with one attached hydrogen (secondary N) is 3. The van der Waals surface area contributed by atoms with E-state index in [1.165, 1.54) is 11.8 Å². The summed E-state index contributed by atoms with van der Waals surface area (Å²) >= 11 is 12.6. The summed E-state index contributed by atoms with van der Waals surface area (Å²) in [6, 6.07) is -0.532. The van der Waals surface area contributed by atoms with Crippen LogP contribution in [0.4, 0.5) is 0 Å². The Hall–Kier alpha value is 0.470. The highest BCUT2D eigenvalue weighted by Gasteiger charge is 2.30. The Morgan fingerprint density at radius 1 is 1.38 bits per heavy atom. The molecule has 0 radical (unpaired) electrons. The fourth-order valence-electron chi connectivity index (χ4n) is 1.66. The molecule has 2 atom stereocenters. The van der Waals surface area contributed by atoms with Crippen LogP contribution in [-0.4, -0.2) is 59.7 Å². The molecule has 0 bridgehead atoms. The van der Waals surface area contributed by atoms with Crippen LogP contribution in [0.3, 0.4) is 0 Å². The Kier molecular flexibility index (Phi) is 9.56. The average molecular weight is 380 g/mol. The summed E-state index contributed by atoms with van der Waals surface area (Å²) in [4.78, 5) is 10.8. The van der Waals surface area contributed by atoms with Crippen molar-refractivity contribution in [1.82, 2.24) is 15.5 Å². The van der Waals surface area contributed by atoms with E-state index in [0.717, 1.165) is 0 Å². The van der Waals surface area contributed by atoms with Crippen LogP contribution in [-0.2, 0) is 13.9 Å². The summed E-state index contributed by atoms with van der Waals surface area (Å²) < 4.78 is 17.8. The normalized spacial score (nSPS) is 22.6. The van der Waals surface area contributed by atoms with Crippen LogP contribution in [0.15, 0.2) is 0 Å². The van der Waals surface area contributed by atoms with Crippen molar-refractivity contribution in [3.8, 4) is 0 Å². The van der Waals surface area contributed by atoms with Crippen molar-refractivity contribution >= 4 is 48.6 Å². The molecule has 0 amide bonds. The molecule has 1 aliphatic rings. The quantitative estimate of drug-likeness (QED) is 0.314. The van der Waals surface area contributed by atoms with E-state index in [1.807, 2.05) is 0 Å². The number of carboxylic acids is 1. The molecular weight excluding hydrogens is 360 g/mol. The molecule has 11 heteroatoms. The fourth-order valence-corrected chi connectivity index (χ4v) is 4.77. The maximum Gasteiger partial charge on any atom is 0.340 e. The lowest BCUT2D eigenvalue weighted by atomic mass is 10.3. The third kappa shape index (κ3) is 7.52. The summed E-state index contributed by atoms with van der Waals surface area (Å²) in [5.74, 6) is 0.295. The number of thioether (sulfide) groups is 1. The molecule has 0 saturated carbocycles. The zero-order chi connectivity index (χ0) is 15.7. The monoisotopic (exact) mass is 379 g/mol. The first-order chi connectivity index (χ1) is 10.0. The average Bonchev–Trinajstić information content (AvgIpc) is 2.92. The van der Waals surface area contributed by atoms with E-state index in [4.69, 9.17) is 32.8 Å². The SMILES string of the molecule is O=C(O)C1CSC(CCOP(=O)(NCCCl)NCCCl)N1. The molecule has 1 aliphatic heterocycles. The Morgan fingerprint density at radius 3 is 2.48 bits per heavy atom. The number of hydrogen-bond donors (Lipinski definition) is 4. The molecule has 0 spiro atoms. The molecular formula is C10H20Cl2N3O4PS. The zero-order valence-electron chi connectivity index (χ0n) is 11.4. The summed E-state index contributed by atoms with van der Waals surface area (Å²) in [5.41, 5.74) is 0. The molecule has 0 aromatic heterocycles. The highest BCUT2D eigenvalue weighted by molar-refractivity contribution is 8.00. The molecule has 1 heterocycles. The molecule has 7 nitrogen and oxygen atoms in total. The maximum atomic E-state index is 12.4. The van der Waals surface area contributed by atoms with Gasteiger partial charge in [-0.1, -0.05) is 0 Å². The first-order valence-corrected chi connectivity index (χ1v) is 10.2. The van der Waals surface area contributed by atoms with Gasteiger partial charge in [-0.15, -0.1) is 35.0 Å². The van der Waals surface area contributed by atoms with Gasteiger partial charge < -0.3 is 9.63 Å². The topological polar surface area (TPSA) is 99.7 Å². The number of aliphatic carboxylic acids is 1. The lowest BCUT2D eigenvalue weighted by Crippen LogP contribution is -2.37. The lowest BCUT2D eigenvalue weighted by molar-refractivity contribution is -0.138. The molecule has 1 rings (SSSR count). The van der Waals surface area contributed by atoms with E-state index in [0.29, 0.717) is 37.0 Å². The van der Waals surface area contributed by atoms with Crippen LogP contribution in [0.1, 0.15) is 6.42 Å². The van der Waals surface area contributed by atoms with E-state index in [9.17, 15) is 9.36 Å². The molecule has 0 aromatic rings. The van der Waals surface area contributed by atoms with Crippen molar-refractivity contribution in [3.05, 3.63) is 0 Å². The van der Waals surface area contributed by atoms with E-state index < -0.39 is 19.7 Å². The van der Waals surface area contributed by atoms with E-state index in [2.05, 4.69) is 15.5 Å². The van der Waals surface area contributed by atoms with Gasteiger partial charge in [-0.05, 0) is 6.42 Å². The number of carbonyl (C=O) groups is 1. The minimum absolute atomic E-state index is 0.0133. The molecule has 124 valence electrons. The molecule has 2 unspecified atom stereocenters. The van der Waals surface area contributed by atoms with Gasteiger partial charge in [0.05, 0.1) is 12.0 Å². The van der Waals surface area contributed by atoms with Crippen molar-refractivity contribution in [2.45, 2.75) is 17.8 Å². The molecule has 1 fully saturated rings. The standard InChI is InChI=1S/C10H20Cl2N3O4PS/c11-2-4-13-20(18,14-5-3-12)19-6-1-9-15-8(7-21-9)10(16)17/h8-9,15H,1-7H2,(H,16,17)(H2,13,14,18). The first-order valence-electron chi connectivity index (χ1n) is 6.48. The van der Waals surface area contributed by atoms with Crippen molar-refractivity contribution in [2.24, 2.45) is 0 Å². The predicted molar refractivity (Wildman–Crippen MR) is 86.4 cm³/mol. The maximum absolute atomic E-state index is 12.4. The van der Waals surface area contributed by atoms with E-state index in [-0.39, 0.29) is 12.0 Å². The van der Waals surface area contributed by atoms with E-state index in [1.54, 1.807) is 0 Å². The number of alkyl halides is 2. The second-order valence-corrected chi connectivity index (χ2v) is 8.23. The van der Waals surface area contributed by atoms with Crippen LogP contribution in [0.25, 0.3) is 0 Å². The van der Waals surface area contributed by atoms with Gasteiger partial charge in [-0.25, -0.2) is 10.2 Å². The Morgan fingerprint density at radius 2 is 2.00 bits per heavy atom. The summed E-state index contributed by atoms with van der Waals surface area (Å²) in [7, 11) is -3.17. The smallest absolute Gasteiger partial charge is 0.340 e. The van der Waals surface area contributed by atoms with Crippen molar-refractivity contribution in [2.75, 3.05) is 37.2 Å². The highest BCUT2D eigenvalue weighted by atomic mass is 35.5. The number of halogens is 2. The van der Waals surface area contributed by atoms with E-state index >= 15 is 0 Å². The third-order valence-electron chi connectivity index (χ3n) is 2.63. The van der Waals surface area contributed by atoms with Crippen molar-refractivity contribution in [3.63, 3.8) is 0 Å². The van der Waals surface area contributed by atoms with Crippen LogP contribution >= 0.6 is 42.6 Å². The van der Waals surface area contributed by atoms with Crippen molar-refractivity contribution < 1.29 is 19.0 Å². The van der Waals surface area contributed by atoms with Gasteiger partial charge in [0.25, 0.3) is 0 Å². The zero-order valence-corrected chi connectivity index (χ0v) is 14.6. The molecule has 1 saturated heterocycles. The summed E-state index contributed by atoms with van der Waals surface area (Å²) in [5, 5.41) is 17.3. The van der Waals surface area contributed by atoms with Gasteiger partial charge in [0.2, 0.25) is 0 Å². The number of hydrogen-bond acceptors (Lipinski definition) is 5. The predicted octanol–water partition coefficient (Wildman–Crippen LogP) is 1.27.